The van der Waals surface area contributed by atoms with Crippen molar-refractivity contribution in [3.8, 4) is 11.8 Å². The highest BCUT2D eigenvalue weighted by molar-refractivity contribution is 5.72. The summed E-state index contributed by atoms with van der Waals surface area (Å²) in [6, 6.07) is 6.14. The minimum absolute atomic E-state index is 0.0265. The molecule has 0 spiro atoms. The zero-order valence-corrected chi connectivity index (χ0v) is 9.40. The van der Waals surface area contributed by atoms with Gasteiger partial charge in [-0.05, 0) is 6.07 Å². The smallest absolute Gasteiger partial charge is 0.270 e. The summed E-state index contributed by atoms with van der Waals surface area (Å²) >= 11 is 0. The number of carbonyl (C=O) groups excluding carboxylic acids is 1. The van der Waals surface area contributed by atoms with Gasteiger partial charge >= 0.3 is 0 Å². The zero-order chi connectivity index (χ0) is 12.7. The summed E-state index contributed by atoms with van der Waals surface area (Å²) in [6.45, 7) is 1.92. The van der Waals surface area contributed by atoms with Crippen LogP contribution >= 0.6 is 0 Å². The number of nitrogens with one attached hydrogen (secondary N) is 1. The first kappa shape index (κ1) is 12.7. The minimum Gasteiger partial charge on any atom is -0.355 e. The van der Waals surface area contributed by atoms with Gasteiger partial charge in [0.1, 0.15) is 0 Å². The SMILES string of the molecule is CC(=O)NCCC#Cc1cccc([N+](=O)[O-])c1. The summed E-state index contributed by atoms with van der Waals surface area (Å²) in [5.74, 6) is 5.55. The Morgan fingerprint density at radius 2 is 2.29 bits per heavy atom. The summed E-state index contributed by atoms with van der Waals surface area (Å²) in [6.07, 6.45) is 0.516. The van der Waals surface area contributed by atoms with Crippen LogP contribution in [0.15, 0.2) is 24.3 Å². The Bertz CT molecular complexity index is 486. The molecule has 17 heavy (non-hydrogen) atoms. The zero-order valence-electron chi connectivity index (χ0n) is 9.40. The van der Waals surface area contributed by atoms with Crippen LogP contribution < -0.4 is 5.32 Å². The maximum atomic E-state index is 10.6. The second-order valence-corrected chi connectivity index (χ2v) is 3.34. The van der Waals surface area contributed by atoms with Gasteiger partial charge in [0, 0.05) is 37.6 Å². The first-order valence-electron chi connectivity index (χ1n) is 5.07. The molecule has 0 radical (unpaired) electrons. The van der Waals surface area contributed by atoms with Gasteiger partial charge in [0.2, 0.25) is 5.91 Å². The standard InChI is InChI=1S/C12H12N2O3/c1-10(15)13-8-3-2-5-11-6-4-7-12(9-11)14(16)17/h4,6-7,9H,3,8H2,1H3,(H,13,15). The van der Waals surface area contributed by atoms with Gasteiger partial charge in [0.15, 0.2) is 0 Å². The van der Waals surface area contributed by atoms with E-state index in [4.69, 9.17) is 0 Å². The molecule has 0 fully saturated rings. The number of benzene rings is 1. The molecule has 0 saturated heterocycles. The molecule has 5 heteroatoms. The Hall–Kier alpha value is -2.35. The van der Waals surface area contributed by atoms with Crippen LogP contribution in [0.25, 0.3) is 0 Å². The molecule has 0 bridgehead atoms. The van der Waals surface area contributed by atoms with E-state index in [9.17, 15) is 14.9 Å². The maximum absolute atomic E-state index is 10.6. The second kappa shape index (κ2) is 6.28. The van der Waals surface area contributed by atoms with Crippen molar-refractivity contribution in [2.45, 2.75) is 13.3 Å². The van der Waals surface area contributed by atoms with Crippen molar-refractivity contribution >= 4 is 11.6 Å². The van der Waals surface area contributed by atoms with Crippen LogP contribution in [0.2, 0.25) is 0 Å². The predicted molar refractivity (Wildman–Crippen MR) is 63.3 cm³/mol. The lowest BCUT2D eigenvalue weighted by Crippen LogP contribution is -2.20. The molecule has 1 N–H and O–H groups in total. The number of non-ortho nitro benzene ring substituents is 1. The van der Waals surface area contributed by atoms with E-state index >= 15 is 0 Å². The number of nitro groups is 1. The second-order valence-electron chi connectivity index (χ2n) is 3.34. The predicted octanol–water partition coefficient (Wildman–Crippen LogP) is 1.47. The fourth-order valence-corrected chi connectivity index (χ4v) is 1.16. The van der Waals surface area contributed by atoms with Crippen molar-refractivity contribution in [2.24, 2.45) is 0 Å². The fourth-order valence-electron chi connectivity index (χ4n) is 1.16. The van der Waals surface area contributed by atoms with Gasteiger partial charge < -0.3 is 5.32 Å². The van der Waals surface area contributed by atoms with Crippen LogP contribution in [-0.2, 0) is 4.79 Å². The molecule has 88 valence electrons. The lowest BCUT2D eigenvalue weighted by Gasteiger charge is -1.95. The van der Waals surface area contributed by atoms with E-state index in [1.54, 1.807) is 12.1 Å². The third-order valence-corrected chi connectivity index (χ3v) is 1.91. The first-order valence-corrected chi connectivity index (χ1v) is 5.07. The maximum Gasteiger partial charge on any atom is 0.270 e. The molecule has 0 heterocycles. The molecule has 5 nitrogen and oxygen atoms in total. The van der Waals surface area contributed by atoms with E-state index in [0.717, 1.165) is 0 Å². The fraction of sp³-hybridized carbons (Fsp3) is 0.250. The first-order chi connectivity index (χ1) is 8.09. The van der Waals surface area contributed by atoms with Gasteiger partial charge in [-0.3, -0.25) is 14.9 Å². The van der Waals surface area contributed by atoms with Crippen molar-refractivity contribution in [1.82, 2.24) is 5.32 Å². The number of hydrogen-bond acceptors (Lipinski definition) is 3. The van der Waals surface area contributed by atoms with Crippen molar-refractivity contribution in [1.29, 1.82) is 0 Å². The Labute approximate surface area is 99.0 Å². The van der Waals surface area contributed by atoms with E-state index in [1.165, 1.54) is 19.1 Å². The summed E-state index contributed by atoms with van der Waals surface area (Å²) in [4.78, 5) is 20.6. The lowest BCUT2D eigenvalue weighted by atomic mass is 10.2. The molecular formula is C12H12N2O3. The Balaban J connectivity index is 2.56. The molecule has 1 aromatic carbocycles. The van der Waals surface area contributed by atoms with Crippen LogP contribution in [0.5, 0.6) is 0 Å². The molecular weight excluding hydrogens is 220 g/mol. The monoisotopic (exact) mass is 232 g/mol. The molecule has 1 rings (SSSR count). The summed E-state index contributed by atoms with van der Waals surface area (Å²) in [7, 11) is 0. The van der Waals surface area contributed by atoms with Gasteiger partial charge in [-0.1, -0.05) is 17.9 Å². The Morgan fingerprint density at radius 1 is 1.53 bits per heavy atom. The van der Waals surface area contributed by atoms with Crippen molar-refractivity contribution < 1.29 is 9.72 Å². The van der Waals surface area contributed by atoms with Gasteiger partial charge in [-0.25, -0.2) is 0 Å². The quantitative estimate of drug-likeness (QED) is 0.371. The minimum atomic E-state index is -0.456. The van der Waals surface area contributed by atoms with Gasteiger partial charge in [-0.15, -0.1) is 0 Å². The van der Waals surface area contributed by atoms with E-state index < -0.39 is 4.92 Å². The van der Waals surface area contributed by atoms with Crippen molar-refractivity contribution in [3.05, 3.63) is 39.9 Å². The molecule has 1 amide bonds. The Kier molecular flexibility index (Phi) is 4.70. The highest BCUT2D eigenvalue weighted by atomic mass is 16.6. The number of carbonyl (C=O) groups is 1. The van der Waals surface area contributed by atoms with Crippen molar-refractivity contribution in [3.63, 3.8) is 0 Å². The van der Waals surface area contributed by atoms with Crippen molar-refractivity contribution in [2.75, 3.05) is 6.54 Å². The third-order valence-electron chi connectivity index (χ3n) is 1.91. The van der Waals surface area contributed by atoms with E-state index in [1.807, 2.05) is 0 Å². The molecule has 0 saturated carbocycles. The van der Waals surface area contributed by atoms with Gasteiger partial charge in [0.05, 0.1) is 4.92 Å². The number of hydrogen-bond donors (Lipinski definition) is 1. The lowest BCUT2D eigenvalue weighted by molar-refractivity contribution is -0.384. The van der Waals surface area contributed by atoms with Gasteiger partial charge in [0.25, 0.3) is 5.69 Å². The normalized spacial score (nSPS) is 9.00. The van der Waals surface area contributed by atoms with Crippen LogP contribution in [-0.4, -0.2) is 17.4 Å². The summed E-state index contributed by atoms with van der Waals surface area (Å²) < 4.78 is 0. The average molecular weight is 232 g/mol. The topological polar surface area (TPSA) is 72.2 Å². The molecule has 0 aliphatic rings. The average Bonchev–Trinajstić information content (AvgIpc) is 2.28. The highest BCUT2D eigenvalue weighted by Gasteiger charge is 2.03. The van der Waals surface area contributed by atoms with Crippen LogP contribution in [0.3, 0.4) is 0 Å². The molecule has 0 aliphatic heterocycles. The number of nitrogens with zero attached hydrogens (tertiary/aromatic N) is 1. The van der Waals surface area contributed by atoms with Crippen LogP contribution in [0, 0.1) is 22.0 Å². The van der Waals surface area contributed by atoms with E-state index in [-0.39, 0.29) is 11.6 Å². The molecule has 0 aliphatic carbocycles. The van der Waals surface area contributed by atoms with Gasteiger partial charge in [-0.2, -0.15) is 0 Å². The van der Waals surface area contributed by atoms with E-state index in [2.05, 4.69) is 17.2 Å². The molecule has 0 unspecified atom stereocenters. The largest absolute Gasteiger partial charge is 0.355 e. The highest BCUT2D eigenvalue weighted by Crippen LogP contribution is 2.11. The van der Waals surface area contributed by atoms with E-state index in [0.29, 0.717) is 18.5 Å². The number of rotatable bonds is 3. The number of nitro benzene ring substituents is 1. The summed E-state index contributed by atoms with van der Waals surface area (Å²) in [5.41, 5.74) is 0.626. The number of amides is 1. The van der Waals surface area contributed by atoms with Crippen LogP contribution in [0.4, 0.5) is 5.69 Å². The molecule has 0 aromatic heterocycles. The van der Waals surface area contributed by atoms with Crippen LogP contribution in [0.1, 0.15) is 18.9 Å². The molecule has 1 aromatic rings. The summed E-state index contributed by atoms with van der Waals surface area (Å²) in [5, 5.41) is 13.1. The molecule has 0 atom stereocenters. The Morgan fingerprint density at radius 3 is 2.94 bits per heavy atom. The third kappa shape index (κ3) is 4.80.